The van der Waals surface area contributed by atoms with Gasteiger partial charge in [-0.25, -0.2) is 4.98 Å². The number of likely N-dealkylation sites (N-methyl/N-ethyl adjacent to an activating group) is 1. The zero-order valence-corrected chi connectivity index (χ0v) is 15.7. The zero-order valence-electron chi connectivity index (χ0n) is 15.7. The number of hydrogen-bond acceptors (Lipinski definition) is 7. The first kappa shape index (κ1) is 19.2. The molecule has 144 valence electrons. The van der Waals surface area contributed by atoms with Crippen LogP contribution in [0.4, 0.5) is 5.95 Å². The van der Waals surface area contributed by atoms with Crippen molar-refractivity contribution in [2.24, 2.45) is 0 Å². The third-order valence-electron chi connectivity index (χ3n) is 3.95. The summed E-state index contributed by atoms with van der Waals surface area (Å²) in [6, 6.07) is 15.9. The lowest BCUT2D eigenvalue weighted by atomic mass is 10.2. The Morgan fingerprint density at radius 2 is 1.64 bits per heavy atom. The highest BCUT2D eigenvalue weighted by molar-refractivity contribution is 5.74. The highest BCUT2D eigenvalue weighted by atomic mass is 16.5. The van der Waals surface area contributed by atoms with Crippen molar-refractivity contribution in [1.82, 2.24) is 9.97 Å². The Hall–Kier alpha value is -3.61. The van der Waals surface area contributed by atoms with E-state index in [1.165, 1.54) is 0 Å². The van der Waals surface area contributed by atoms with Crippen LogP contribution in [0.25, 0.3) is 0 Å². The van der Waals surface area contributed by atoms with Crippen molar-refractivity contribution in [3.63, 3.8) is 0 Å². The highest BCUT2D eigenvalue weighted by Crippen LogP contribution is 2.23. The van der Waals surface area contributed by atoms with Crippen LogP contribution < -0.4 is 19.1 Å². The number of anilines is 1. The number of rotatable bonds is 9. The van der Waals surface area contributed by atoms with E-state index in [1.54, 1.807) is 43.6 Å². The number of aldehydes is 1. The number of nitrogens with zero attached hydrogens (tertiary/aromatic N) is 3. The number of hydrogen-bond donors (Lipinski definition) is 0. The Kier molecular flexibility index (Phi) is 6.41. The van der Waals surface area contributed by atoms with Crippen LogP contribution in [0.5, 0.6) is 23.1 Å². The molecule has 0 aliphatic heterocycles. The van der Waals surface area contributed by atoms with Gasteiger partial charge in [-0.15, -0.1) is 0 Å². The van der Waals surface area contributed by atoms with E-state index in [4.69, 9.17) is 14.2 Å². The van der Waals surface area contributed by atoms with Gasteiger partial charge in [0, 0.05) is 24.9 Å². The first-order valence-electron chi connectivity index (χ1n) is 8.72. The molecule has 7 heteroatoms. The van der Waals surface area contributed by atoms with Gasteiger partial charge in [0.25, 0.3) is 0 Å². The van der Waals surface area contributed by atoms with E-state index >= 15 is 0 Å². The Morgan fingerprint density at radius 1 is 0.964 bits per heavy atom. The summed E-state index contributed by atoms with van der Waals surface area (Å²) in [5, 5.41) is 0. The lowest BCUT2D eigenvalue weighted by Gasteiger charge is -2.17. The summed E-state index contributed by atoms with van der Waals surface area (Å²) < 4.78 is 16.6. The second-order valence-electron chi connectivity index (χ2n) is 5.93. The Balaban J connectivity index is 1.55. The Bertz CT molecular complexity index is 898. The van der Waals surface area contributed by atoms with E-state index in [2.05, 4.69) is 9.97 Å². The van der Waals surface area contributed by atoms with Crippen LogP contribution in [-0.2, 0) is 0 Å². The zero-order chi connectivity index (χ0) is 19.8. The van der Waals surface area contributed by atoms with E-state index in [9.17, 15) is 4.79 Å². The van der Waals surface area contributed by atoms with E-state index in [0.29, 0.717) is 42.0 Å². The van der Waals surface area contributed by atoms with E-state index in [0.717, 1.165) is 12.0 Å². The summed E-state index contributed by atoms with van der Waals surface area (Å²) in [4.78, 5) is 21.3. The largest absolute Gasteiger partial charge is 0.497 e. The third kappa shape index (κ3) is 5.20. The molecule has 28 heavy (non-hydrogen) atoms. The summed E-state index contributed by atoms with van der Waals surface area (Å²) in [7, 11) is 3.50. The quantitative estimate of drug-likeness (QED) is 0.526. The molecule has 0 unspecified atom stereocenters. The van der Waals surface area contributed by atoms with Crippen molar-refractivity contribution >= 4 is 12.2 Å². The average molecular weight is 379 g/mol. The molecule has 1 aromatic heterocycles. The predicted molar refractivity (Wildman–Crippen MR) is 106 cm³/mol. The number of methoxy groups -OCH3 is 1. The van der Waals surface area contributed by atoms with Crippen LogP contribution in [0.2, 0.25) is 0 Å². The van der Waals surface area contributed by atoms with Crippen LogP contribution in [0.3, 0.4) is 0 Å². The molecular weight excluding hydrogens is 358 g/mol. The number of benzene rings is 2. The maximum Gasteiger partial charge on any atom is 0.228 e. The van der Waals surface area contributed by atoms with Gasteiger partial charge in [0.05, 0.1) is 13.7 Å². The first-order chi connectivity index (χ1) is 13.7. The Morgan fingerprint density at radius 3 is 2.32 bits per heavy atom. The SMILES string of the molecule is COc1ccc(Oc2ccnc(N(C)CCOc3ccc(C=O)cc3)n2)cc1. The fraction of sp³-hybridized carbons (Fsp3) is 0.190. The molecule has 2 aromatic carbocycles. The van der Waals surface area contributed by atoms with Gasteiger partial charge in [0.15, 0.2) is 0 Å². The highest BCUT2D eigenvalue weighted by Gasteiger charge is 2.07. The van der Waals surface area contributed by atoms with Crippen molar-refractivity contribution in [2.45, 2.75) is 0 Å². The standard InChI is InChI=1S/C21H21N3O4/c1-24(13-14-27-18-5-3-16(15-25)4-6-18)21-22-12-11-20(23-21)28-19-9-7-17(26-2)8-10-19/h3-12,15H,13-14H2,1-2H3. The van der Waals surface area contributed by atoms with Gasteiger partial charge in [0.1, 0.15) is 30.1 Å². The number of aromatic nitrogens is 2. The smallest absolute Gasteiger partial charge is 0.228 e. The van der Waals surface area contributed by atoms with Gasteiger partial charge in [-0.05, 0) is 48.5 Å². The fourth-order valence-electron chi connectivity index (χ4n) is 2.38. The molecule has 1 heterocycles. The number of ether oxygens (including phenoxy) is 3. The maximum atomic E-state index is 10.7. The summed E-state index contributed by atoms with van der Waals surface area (Å²) in [6.07, 6.45) is 2.45. The number of carbonyl (C=O) groups is 1. The molecule has 0 amide bonds. The topological polar surface area (TPSA) is 73.8 Å². The van der Waals surface area contributed by atoms with Crippen LogP contribution in [0.15, 0.2) is 60.8 Å². The maximum absolute atomic E-state index is 10.7. The van der Waals surface area contributed by atoms with Gasteiger partial charge < -0.3 is 19.1 Å². The molecule has 0 aliphatic rings. The molecule has 0 aliphatic carbocycles. The average Bonchev–Trinajstić information content (AvgIpc) is 2.75. The summed E-state index contributed by atoms with van der Waals surface area (Å²) in [6.45, 7) is 1.03. The molecule has 0 N–H and O–H groups in total. The van der Waals surface area contributed by atoms with Crippen molar-refractivity contribution in [3.8, 4) is 23.1 Å². The lowest BCUT2D eigenvalue weighted by molar-refractivity contribution is 0.112. The van der Waals surface area contributed by atoms with Crippen molar-refractivity contribution in [1.29, 1.82) is 0 Å². The van der Waals surface area contributed by atoms with E-state index < -0.39 is 0 Å². The molecular formula is C21H21N3O4. The molecule has 7 nitrogen and oxygen atoms in total. The second-order valence-corrected chi connectivity index (χ2v) is 5.93. The fourth-order valence-corrected chi connectivity index (χ4v) is 2.38. The molecule has 0 saturated heterocycles. The van der Waals surface area contributed by atoms with Crippen molar-refractivity contribution < 1.29 is 19.0 Å². The molecule has 0 bridgehead atoms. The van der Waals surface area contributed by atoms with Crippen molar-refractivity contribution in [3.05, 3.63) is 66.4 Å². The van der Waals surface area contributed by atoms with Gasteiger partial charge in [-0.3, -0.25) is 4.79 Å². The van der Waals surface area contributed by atoms with Gasteiger partial charge >= 0.3 is 0 Å². The molecule has 0 fully saturated rings. The monoisotopic (exact) mass is 379 g/mol. The van der Waals surface area contributed by atoms with Crippen LogP contribution in [0, 0.1) is 0 Å². The molecule has 0 spiro atoms. The second kappa shape index (κ2) is 9.36. The van der Waals surface area contributed by atoms with E-state index in [-0.39, 0.29) is 0 Å². The van der Waals surface area contributed by atoms with Crippen LogP contribution in [0.1, 0.15) is 10.4 Å². The normalized spacial score (nSPS) is 10.2. The minimum Gasteiger partial charge on any atom is -0.497 e. The minimum absolute atomic E-state index is 0.448. The predicted octanol–water partition coefficient (Wildman–Crippen LogP) is 3.61. The summed E-state index contributed by atoms with van der Waals surface area (Å²) >= 11 is 0. The molecule has 0 atom stereocenters. The number of carbonyl (C=O) groups excluding carboxylic acids is 1. The van der Waals surface area contributed by atoms with Crippen LogP contribution in [-0.4, -0.2) is 43.6 Å². The molecule has 0 saturated carbocycles. The van der Waals surface area contributed by atoms with Gasteiger partial charge in [-0.2, -0.15) is 4.98 Å². The minimum atomic E-state index is 0.448. The first-order valence-corrected chi connectivity index (χ1v) is 8.72. The Labute approximate surface area is 163 Å². The van der Waals surface area contributed by atoms with Gasteiger partial charge in [-0.1, -0.05) is 0 Å². The van der Waals surface area contributed by atoms with Gasteiger partial charge in [0.2, 0.25) is 11.8 Å². The van der Waals surface area contributed by atoms with Crippen LogP contribution >= 0.6 is 0 Å². The van der Waals surface area contributed by atoms with E-state index in [1.807, 2.05) is 36.2 Å². The summed E-state index contributed by atoms with van der Waals surface area (Å²) in [5.74, 6) is 3.11. The third-order valence-corrected chi connectivity index (χ3v) is 3.95. The lowest BCUT2D eigenvalue weighted by Crippen LogP contribution is -2.25. The summed E-state index contributed by atoms with van der Waals surface area (Å²) in [5.41, 5.74) is 0.617. The molecule has 0 radical (unpaired) electrons. The molecule has 3 aromatic rings. The van der Waals surface area contributed by atoms with Crippen molar-refractivity contribution in [2.75, 3.05) is 32.2 Å². The molecule has 3 rings (SSSR count).